The lowest BCUT2D eigenvalue weighted by Gasteiger charge is -2.20. The Kier molecular flexibility index (Phi) is 8.68. The van der Waals surface area contributed by atoms with Crippen LogP contribution in [0.4, 0.5) is 0 Å². The van der Waals surface area contributed by atoms with Crippen LogP contribution >= 0.6 is 11.6 Å². The van der Waals surface area contributed by atoms with Crippen LogP contribution in [-0.4, -0.2) is 37.8 Å². The minimum absolute atomic E-state index is 0.146. The summed E-state index contributed by atoms with van der Waals surface area (Å²) in [6.07, 6.45) is 1.48. The minimum Gasteiger partial charge on any atom is -0.493 e. The SMILES string of the molecule is CCOc1c(C=NNC(=O)C(NC(=O)c2ccc(Cl)cc2)C(C)C)cccc1OC. The number of hydrazone groups is 1. The molecule has 2 aromatic rings. The smallest absolute Gasteiger partial charge is 0.262 e. The van der Waals surface area contributed by atoms with Crippen LogP contribution in [0.5, 0.6) is 11.5 Å². The number of hydrogen-bond donors (Lipinski definition) is 2. The molecule has 0 bridgehead atoms. The summed E-state index contributed by atoms with van der Waals surface area (Å²) in [5.74, 6) is 0.173. The summed E-state index contributed by atoms with van der Waals surface area (Å²) in [5.41, 5.74) is 3.55. The van der Waals surface area contributed by atoms with Gasteiger partial charge < -0.3 is 14.8 Å². The number of nitrogens with zero attached hydrogens (tertiary/aromatic N) is 1. The Morgan fingerprint density at radius 3 is 2.47 bits per heavy atom. The largest absolute Gasteiger partial charge is 0.493 e. The molecule has 0 heterocycles. The minimum atomic E-state index is -0.762. The number of para-hydroxylation sites is 1. The summed E-state index contributed by atoms with van der Waals surface area (Å²) in [6, 6.07) is 11.1. The van der Waals surface area contributed by atoms with Gasteiger partial charge in [-0.2, -0.15) is 5.10 Å². The van der Waals surface area contributed by atoms with E-state index in [4.69, 9.17) is 21.1 Å². The molecular weight excluding hydrogens is 406 g/mol. The highest BCUT2D eigenvalue weighted by atomic mass is 35.5. The van der Waals surface area contributed by atoms with Crippen LogP contribution in [0.25, 0.3) is 0 Å². The molecular formula is C22H26ClN3O4. The molecule has 30 heavy (non-hydrogen) atoms. The number of halogens is 1. The molecule has 0 fully saturated rings. The van der Waals surface area contributed by atoms with E-state index in [2.05, 4.69) is 15.8 Å². The summed E-state index contributed by atoms with van der Waals surface area (Å²) in [7, 11) is 1.55. The monoisotopic (exact) mass is 431 g/mol. The predicted octanol–water partition coefficient (Wildman–Crippen LogP) is 3.65. The first-order valence-corrected chi connectivity index (χ1v) is 9.94. The van der Waals surface area contributed by atoms with Gasteiger partial charge in [0, 0.05) is 16.1 Å². The zero-order valence-electron chi connectivity index (χ0n) is 17.4. The highest BCUT2D eigenvalue weighted by Gasteiger charge is 2.24. The molecule has 0 aliphatic rings. The maximum Gasteiger partial charge on any atom is 0.262 e. The average molecular weight is 432 g/mol. The lowest BCUT2D eigenvalue weighted by Crippen LogP contribution is -2.48. The van der Waals surface area contributed by atoms with Gasteiger partial charge in [0.25, 0.3) is 11.8 Å². The summed E-state index contributed by atoms with van der Waals surface area (Å²) < 4.78 is 10.9. The van der Waals surface area contributed by atoms with E-state index in [1.165, 1.54) is 6.21 Å². The van der Waals surface area contributed by atoms with Gasteiger partial charge in [0.1, 0.15) is 6.04 Å². The van der Waals surface area contributed by atoms with Crippen LogP contribution < -0.4 is 20.2 Å². The first-order valence-electron chi connectivity index (χ1n) is 9.56. The zero-order chi connectivity index (χ0) is 22.1. The summed E-state index contributed by atoms with van der Waals surface area (Å²) in [6.45, 7) is 6.00. The van der Waals surface area contributed by atoms with Crippen LogP contribution in [0.15, 0.2) is 47.6 Å². The molecule has 0 saturated carbocycles. The van der Waals surface area contributed by atoms with E-state index in [1.807, 2.05) is 20.8 Å². The predicted molar refractivity (Wildman–Crippen MR) is 117 cm³/mol. The first kappa shape index (κ1) is 23.2. The van der Waals surface area contributed by atoms with E-state index in [9.17, 15) is 9.59 Å². The van der Waals surface area contributed by atoms with Crippen molar-refractivity contribution < 1.29 is 19.1 Å². The van der Waals surface area contributed by atoms with Crippen LogP contribution in [-0.2, 0) is 4.79 Å². The molecule has 0 aromatic heterocycles. The van der Waals surface area contributed by atoms with Crippen LogP contribution in [0.2, 0.25) is 5.02 Å². The summed E-state index contributed by atoms with van der Waals surface area (Å²) in [4.78, 5) is 25.1. The van der Waals surface area contributed by atoms with Crippen molar-refractivity contribution in [3.05, 3.63) is 58.6 Å². The topological polar surface area (TPSA) is 89.0 Å². The van der Waals surface area contributed by atoms with Crippen LogP contribution in [0, 0.1) is 5.92 Å². The molecule has 8 heteroatoms. The molecule has 160 valence electrons. The molecule has 0 saturated heterocycles. The number of ether oxygens (including phenoxy) is 2. The maximum atomic E-state index is 12.6. The van der Waals surface area contributed by atoms with E-state index in [0.29, 0.717) is 34.3 Å². The third-order valence-corrected chi connectivity index (χ3v) is 4.49. The Hall–Kier alpha value is -3.06. The van der Waals surface area contributed by atoms with Crippen molar-refractivity contribution in [3.63, 3.8) is 0 Å². The quantitative estimate of drug-likeness (QED) is 0.468. The van der Waals surface area contributed by atoms with Crippen molar-refractivity contribution in [1.29, 1.82) is 0 Å². The summed E-state index contributed by atoms with van der Waals surface area (Å²) in [5, 5.41) is 7.29. The molecule has 2 N–H and O–H groups in total. The zero-order valence-corrected chi connectivity index (χ0v) is 18.2. The molecule has 0 spiro atoms. The van der Waals surface area contributed by atoms with Crippen molar-refractivity contribution in [3.8, 4) is 11.5 Å². The lowest BCUT2D eigenvalue weighted by atomic mass is 10.0. The van der Waals surface area contributed by atoms with Gasteiger partial charge in [-0.25, -0.2) is 5.43 Å². The van der Waals surface area contributed by atoms with Gasteiger partial charge in [0.15, 0.2) is 11.5 Å². The molecule has 7 nitrogen and oxygen atoms in total. The Morgan fingerprint density at radius 2 is 1.87 bits per heavy atom. The Morgan fingerprint density at radius 1 is 1.17 bits per heavy atom. The number of carbonyl (C=O) groups is 2. The van der Waals surface area contributed by atoms with Crippen molar-refractivity contribution in [2.24, 2.45) is 11.0 Å². The molecule has 2 amide bonds. The van der Waals surface area contributed by atoms with Crippen molar-refractivity contribution in [1.82, 2.24) is 10.7 Å². The van der Waals surface area contributed by atoms with Crippen LogP contribution in [0.1, 0.15) is 36.7 Å². The van der Waals surface area contributed by atoms with Crippen molar-refractivity contribution in [2.45, 2.75) is 26.8 Å². The third-order valence-electron chi connectivity index (χ3n) is 4.24. The number of amides is 2. The second kappa shape index (κ2) is 11.2. The number of hydrogen-bond acceptors (Lipinski definition) is 5. The number of methoxy groups -OCH3 is 1. The molecule has 0 aliphatic heterocycles. The molecule has 1 unspecified atom stereocenters. The highest BCUT2D eigenvalue weighted by Crippen LogP contribution is 2.29. The van der Waals surface area contributed by atoms with E-state index in [-0.39, 0.29) is 11.8 Å². The second-order valence-electron chi connectivity index (χ2n) is 6.75. The number of carbonyl (C=O) groups excluding carboxylic acids is 2. The van der Waals surface area contributed by atoms with Gasteiger partial charge in [-0.05, 0) is 49.2 Å². The highest BCUT2D eigenvalue weighted by molar-refractivity contribution is 6.30. The van der Waals surface area contributed by atoms with E-state index in [0.717, 1.165) is 0 Å². The Bertz CT molecular complexity index is 898. The Labute approximate surface area is 181 Å². The molecule has 1 atom stereocenters. The Balaban J connectivity index is 2.08. The van der Waals surface area contributed by atoms with E-state index < -0.39 is 11.9 Å². The fourth-order valence-electron chi connectivity index (χ4n) is 2.69. The molecule has 0 radical (unpaired) electrons. The first-order chi connectivity index (χ1) is 14.4. The fourth-order valence-corrected chi connectivity index (χ4v) is 2.82. The second-order valence-corrected chi connectivity index (χ2v) is 7.18. The maximum absolute atomic E-state index is 12.6. The van der Waals surface area contributed by atoms with Gasteiger partial charge in [0.2, 0.25) is 0 Å². The van der Waals surface area contributed by atoms with Gasteiger partial charge >= 0.3 is 0 Å². The van der Waals surface area contributed by atoms with Crippen molar-refractivity contribution in [2.75, 3.05) is 13.7 Å². The number of benzene rings is 2. The van der Waals surface area contributed by atoms with Crippen molar-refractivity contribution >= 4 is 29.6 Å². The fraction of sp³-hybridized carbons (Fsp3) is 0.318. The molecule has 2 aromatic carbocycles. The normalized spacial score (nSPS) is 11.9. The number of rotatable bonds is 9. The lowest BCUT2D eigenvalue weighted by molar-refractivity contribution is -0.123. The number of nitrogens with one attached hydrogen (secondary N) is 2. The molecule has 2 rings (SSSR count). The summed E-state index contributed by atoms with van der Waals surface area (Å²) >= 11 is 5.85. The van der Waals surface area contributed by atoms with E-state index >= 15 is 0 Å². The van der Waals surface area contributed by atoms with Gasteiger partial charge in [-0.1, -0.05) is 31.5 Å². The third kappa shape index (κ3) is 6.22. The van der Waals surface area contributed by atoms with Gasteiger partial charge in [0.05, 0.1) is 19.9 Å². The molecule has 0 aliphatic carbocycles. The van der Waals surface area contributed by atoms with Gasteiger partial charge in [-0.3, -0.25) is 9.59 Å². The van der Waals surface area contributed by atoms with Crippen LogP contribution in [0.3, 0.4) is 0 Å². The standard InChI is InChI=1S/C22H26ClN3O4/c1-5-30-20-16(7-6-8-18(20)29-4)13-24-26-22(28)19(14(2)3)25-21(27)15-9-11-17(23)12-10-15/h6-14,19H,5H2,1-4H3,(H,25,27)(H,26,28). The average Bonchev–Trinajstić information content (AvgIpc) is 2.73. The van der Waals surface area contributed by atoms with Gasteiger partial charge in [-0.15, -0.1) is 0 Å². The van der Waals surface area contributed by atoms with E-state index in [1.54, 1.807) is 49.6 Å².